The summed E-state index contributed by atoms with van der Waals surface area (Å²) in [5.41, 5.74) is 6.09. The molecule has 26 heavy (non-hydrogen) atoms. The van der Waals surface area contributed by atoms with Crippen LogP contribution in [0.3, 0.4) is 0 Å². The first-order valence-electron chi connectivity index (χ1n) is 9.76. The molecule has 0 aliphatic rings. The highest BCUT2D eigenvalue weighted by Gasteiger charge is 2.12. The molecule has 1 aromatic heterocycles. The highest BCUT2D eigenvalue weighted by Crippen LogP contribution is 2.32. The average Bonchev–Trinajstić information content (AvgIpc) is 3.10. The molecule has 140 valence electrons. The Morgan fingerprint density at radius 3 is 2.00 bits per heavy atom. The number of nitrogens with zero attached hydrogens (tertiary/aromatic N) is 2. The number of rotatable bonds is 3. The quantitative estimate of drug-likeness (QED) is 0.484. The summed E-state index contributed by atoms with van der Waals surface area (Å²) in [5, 5.41) is 4.58. The first kappa shape index (κ1) is 21.7. The fraction of sp³-hybridized carbons (Fsp3) is 0.375. The van der Waals surface area contributed by atoms with Gasteiger partial charge < -0.3 is 0 Å². The number of hydrogen-bond acceptors (Lipinski definition) is 1. The lowest BCUT2D eigenvalue weighted by Gasteiger charge is -2.13. The molecule has 2 heteroatoms. The van der Waals surface area contributed by atoms with Crippen molar-refractivity contribution in [2.75, 3.05) is 0 Å². The average molecular weight is 351 g/mol. The Morgan fingerprint density at radius 2 is 1.50 bits per heavy atom. The van der Waals surface area contributed by atoms with Crippen molar-refractivity contribution in [3.63, 3.8) is 0 Å². The maximum absolute atomic E-state index is 4.58. The van der Waals surface area contributed by atoms with Crippen LogP contribution in [0.2, 0.25) is 0 Å². The number of benzene rings is 2. The van der Waals surface area contributed by atoms with Gasteiger partial charge >= 0.3 is 0 Å². The maximum Gasteiger partial charge on any atom is 0.0926 e. The van der Waals surface area contributed by atoms with E-state index in [1.54, 1.807) is 0 Å². The first-order valence-corrected chi connectivity index (χ1v) is 9.76. The summed E-state index contributed by atoms with van der Waals surface area (Å²) in [6, 6.07) is 19.3. The zero-order valence-corrected chi connectivity index (χ0v) is 17.5. The van der Waals surface area contributed by atoms with E-state index in [1.807, 2.05) is 37.8 Å². The largest absolute Gasteiger partial charge is 0.275 e. The molecule has 2 aromatic carbocycles. The van der Waals surface area contributed by atoms with Crippen LogP contribution in [-0.2, 0) is 7.05 Å². The minimum absolute atomic E-state index is 0.479. The number of aromatic nitrogens is 2. The lowest BCUT2D eigenvalue weighted by atomic mass is 9.92. The Labute approximate surface area is 159 Å². The van der Waals surface area contributed by atoms with Crippen molar-refractivity contribution in [2.45, 2.75) is 53.9 Å². The van der Waals surface area contributed by atoms with Gasteiger partial charge in [0, 0.05) is 18.8 Å². The van der Waals surface area contributed by atoms with E-state index in [1.165, 1.54) is 28.7 Å². The van der Waals surface area contributed by atoms with Gasteiger partial charge in [-0.15, -0.1) is 0 Å². The van der Waals surface area contributed by atoms with Crippen molar-refractivity contribution in [1.82, 2.24) is 9.78 Å². The summed E-state index contributed by atoms with van der Waals surface area (Å²) in [4.78, 5) is 0. The van der Waals surface area contributed by atoms with E-state index in [0.29, 0.717) is 5.92 Å². The molecule has 0 saturated heterocycles. The topological polar surface area (TPSA) is 17.8 Å². The van der Waals surface area contributed by atoms with Gasteiger partial charge in [0.25, 0.3) is 0 Å². The van der Waals surface area contributed by atoms with Gasteiger partial charge in [-0.05, 0) is 34.7 Å². The van der Waals surface area contributed by atoms with E-state index in [0.717, 1.165) is 5.69 Å². The zero-order valence-electron chi connectivity index (χ0n) is 17.5. The normalized spacial score (nSPS) is 9.85. The number of hydrogen-bond donors (Lipinski definition) is 0. The summed E-state index contributed by atoms with van der Waals surface area (Å²) >= 11 is 0. The second-order valence-corrected chi connectivity index (χ2v) is 6.40. The summed E-state index contributed by atoms with van der Waals surface area (Å²) in [7, 11) is 1.96. The maximum atomic E-state index is 4.58. The Bertz CT molecular complexity index is 755. The van der Waals surface area contributed by atoms with E-state index >= 15 is 0 Å². The molecule has 0 aliphatic carbocycles. The van der Waals surface area contributed by atoms with E-state index < -0.39 is 0 Å². The molecule has 0 saturated carbocycles. The van der Waals surface area contributed by atoms with Gasteiger partial charge in [0.15, 0.2) is 0 Å². The molecule has 2 nitrogen and oxygen atoms in total. The van der Waals surface area contributed by atoms with Gasteiger partial charge in [-0.25, -0.2) is 0 Å². The van der Waals surface area contributed by atoms with Crippen LogP contribution in [-0.4, -0.2) is 9.78 Å². The summed E-state index contributed by atoms with van der Waals surface area (Å²) in [5.74, 6) is 0.479. The van der Waals surface area contributed by atoms with Crippen molar-refractivity contribution in [2.24, 2.45) is 7.05 Å². The molecule has 0 aliphatic heterocycles. The predicted octanol–water partition coefficient (Wildman–Crippen LogP) is 7.32. The van der Waals surface area contributed by atoms with Crippen LogP contribution in [0.5, 0.6) is 0 Å². The molecule has 0 amide bonds. The Kier molecular flexibility index (Phi) is 9.43. The summed E-state index contributed by atoms with van der Waals surface area (Å²) in [6.07, 6.45) is 3.24. The molecule has 0 bridgehead atoms. The van der Waals surface area contributed by atoms with E-state index in [2.05, 4.69) is 81.3 Å². The van der Waals surface area contributed by atoms with Crippen LogP contribution in [0, 0.1) is 0 Å². The van der Waals surface area contributed by atoms with Gasteiger partial charge in [0.1, 0.15) is 0 Å². The molecule has 0 unspecified atom stereocenters. The third-order valence-corrected chi connectivity index (χ3v) is 3.77. The predicted molar refractivity (Wildman–Crippen MR) is 115 cm³/mol. The first-order chi connectivity index (χ1) is 12.6. The third-order valence-electron chi connectivity index (χ3n) is 3.77. The fourth-order valence-corrected chi connectivity index (χ4v) is 2.65. The minimum Gasteiger partial charge on any atom is -0.275 e. The van der Waals surface area contributed by atoms with E-state index in [-0.39, 0.29) is 0 Å². The molecular formula is C24H34N2. The van der Waals surface area contributed by atoms with Crippen molar-refractivity contribution in [3.05, 3.63) is 66.4 Å². The fourth-order valence-electron chi connectivity index (χ4n) is 2.65. The number of aryl methyl sites for hydroxylation is 1. The molecule has 3 aromatic rings. The SMILES string of the molecule is CC.CC(C)c1ccc(-c2ccccc2)cc1-c1ccn(C)n1.CCC. The van der Waals surface area contributed by atoms with Crippen LogP contribution in [0.1, 0.15) is 59.4 Å². The lowest BCUT2D eigenvalue weighted by Crippen LogP contribution is -1.95. The molecule has 0 atom stereocenters. The smallest absolute Gasteiger partial charge is 0.0926 e. The van der Waals surface area contributed by atoms with Gasteiger partial charge in [-0.1, -0.05) is 90.4 Å². The summed E-state index contributed by atoms with van der Waals surface area (Å²) < 4.78 is 1.86. The van der Waals surface area contributed by atoms with E-state index in [4.69, 9.17) is 0 Å². The highest BCUT2D eigenvalue weighted by atomic mass is 15.2. The molecule has 1 heterocycles. The van der Waals surface area contributed by atoms with Gasteiger partial charge in [-0.2, -0.15) is 5.10 Å². The van der Waals surface area contributed by atoms with Crippen LogP contribution in [0.4, 0.5) is 0 Å². The van der Waals surface area contributed by atoms with Crippen LogP contribution < -0.4 is 0 Å². The zero-order chi connectivity index (χ0) is 19.5. The van der Waals surface area contributed by atoms with Gasteiger partial charge in [-0.3, -0.25) is 4.68 Å². The second kappa shape index (κ2) is 11.3. The van der Waals surface area contributed by atoms with Crippen molar-refractivity contribution < 1.29 is 0 Å². The van der Waals surface area contributed by atoms with Crippen molar-refractivity contribution in [1.29, 1.82) is 0 Å². The minimum atomic E-state index is 0.479. The molecule has 3 rings (SSSR count). The third kappa shape index (κ3) is 5.87. The van der Waals surface area contributed by atoms with E-state index in [9.17, 15) is 0 Å². The monoisotopic (exact) mass is 350 g/mol. The Balaban J connectivity index is 0.000000615. The molecular weight excluding hydrogens is 316 g/mol. The molecule has 0 radical (unpaired) electrons. The second-order valence-electron chi connectivity index (χ2n) is 6.40. The van der Waals surface area contributed by atoms with Gasteiger partial charge in [0.2, 0.25) is 0 Å². The summed E-state index contributed by atoms with van der Waals surface area (Å²) in [6.45, 7) is 12.7. The standard InChI is InChI=1S/C19H20N2.C3H8.C2H6/c1-14(2)17-10-9-16(15-7-5-4-6-8-15)13-18(17)19-11-12-21(3)20-19;1-3-2;1-2/h4-14H,1-3H3;3H2,1-2H3;1-2H3. The molecule has 0 N–H and O–H groups in total. The van der Waals surface area contributed by atoms with Gasteiger partial charge in [0.05, 0.1) is 5.69 Å². The van der Waals surface area contributed by atoms with Crippen LogP contribution in [0.15, 0.2) is 60.8 Å². The van der Waals surface area contributed by atoms with Crippen LogP contribution in [0.25, 0.3) is 22.4 Å². The Hall–Kier alpha value is -2.35. The van der Waals surface area contributed by atoms with Crippen molar-refractivity contribution in [3.8, 4) is 22.4 Å². The molecule has 0 fully saturated rings. The van der Waals surface area contributed by atoms with Crippen LogP contribution >= 0.6 is 0 Å². The van der Waals surface area contributed by atoms with Crippen molar-refractivity contribution >= 4 is 0 Å². The highest BCUT2D eigenvalue weighted by molar-refractivity contribution is 5.74. The molecule has 0 spiro atoms. The lowest BCUT2D eigenvalue weighted by molar-refractivity contribution is 0.769. The Morgan fingerprint density at radius 1 is 0.885 bits per heavy atom.